The number of rotatable bonds is 7. The molecule has 0 bridgehead atoms. The van der Waals surface area contributed by atoms with Crippen molar-refractivity contribution >= 4 is 0 Å². The quantitative estimate of drug-likeness (QED) is 0.556. The summed E-state index contributed by atoms with van der Waals surface area (Å²) in [5.74, 6) is 0. The molecule has 65 valence electrons. The lowest BCUT2D eigenvalue weighted by molar-refractivity contribution is 0.731. The Morgan fingerprint density at radius 1 is 1.36 bits per heavy atom. The lowest BCUT2D eigenvalue weighted by Gasteiger charge is -1.96. The molecule has 0 amide bonds. The Kier molecular flexibility index (Phi) is 9.14. The highest BCUT2D eigenvalue weighted by molar-refractivity contribution is 4.78. The Morgan fingerprint density at radius 3 is 2.82 bits per heavy atom. The van der Waals surface area contributed by atoms with Gasteiger partial charge in [-0.15, -0.1) is 0 Å². The maximum atomic E-state index is 3.78. The van der Waals surface area contributed by atoms with Crippen molar-refractivity contribution in [2.75, 3.05) is 6.54 Å². The Hall–Kier alpha value is -0.460. The van der Waals surface area contributed by atoms with Gasteiger partial charge < -0.3 is 5.32 Å². The monoisotopic (exact) mass is 154 g/mol. The summed E-state index contributed by atoms with van der Waals surface area (Å²) in [4.78, 5) is 0. The SMILES string of the molecule is [CH2]CCCC=CNCCCC. The standard InChI is InChI=1S/C10H20N/c1-3-5-7-8-10-11-9-6-4-2/h8,10-11H,1,3-7,9H2,2H3. The molecule has 0 heterocycles. The summed E-state index contributed by atoms with van der Waals surface area (Å²) < 4.78 is 0. The van der Waals surface area contributed by atoms with E-state index in [0.29, 0.717) is 0 Å². The minimum atomic E-state index is 1.04. The fraction of sp³-hybridized carbons (Fsp3) is 0.700. The lowest BCUT2D eigenvalue weighted by atomic mass is 10.2. The highest BCUT2D eigenvalue weighted by atomic mass is 14.8. The predicted molar refractivity (Wildman–Crippen MR) is 51.3 cm³/mol. The zero-order chi connectivity index (χ0) is 8.36. The number of hydrogen-bond acceptors (Lipinski definition) is 1. The van der Waals surface area contributed by atoms with Crippen LogP contribution >= 0.6 is 0 Å². The molecular formula is C10H20N. The molecule has 0 aliphatic rings. The largest absolute Gasteiger partial charge is 0.391 e. The molecule has 1 nitrogen and oxygen atoms in total. The molecule has 0 rings (SSSR count). The average Bonchev–Trinajstić information content (AvgIpc) is 2.03. The summed E-state index contributed by atoms with van der Waals surface area (Å²) in [6.07, 6.45) is 10.2. The van der Waals surface area contributed by atoms with Gasteiger partial charge in [0.1, 0.15) is 0 Å². The molecule has 0 aromatic carbocycles. The highest BCUT2D eigenvalue weighted by Crippen LogP contribution is 1.93. The van der Waals surface area contributed by atoms with Gasteiger partial charge in [0.15, 0.2) is 0 Å². The fourth-order valence-electron chi connectivity index (χ4n) is 0.791. The van der Waals surface area contributed by atoms with Gasteiger partial charge >= 0.3 is 0 Å². The van der Waals surface area contributed by atoms with Crippen LogP contribution in [0.1, 0.15) is 39.0 Å². The molecule has 0 aromatic heterocycles. The summed E-state index contributed by atoms with van der Waals surface area (Å²) in [6.45, 7) is 7.09. The first-order valence-electron chi connectivity index (χ1n) is 4.59. The van der Waals surface area contributed by atoms with E-state index in [4.69, 9.17) is 0 Å². The molecule has 0 aromatic rings. The van der Waals surface area contributed by atoms with E-state index in [1.807, 2.05) is 0 Å². The van der Waals surface area contributed by atoms with E-state index in [2.05, 4.69) is 31.4 Å². The number of unbranched alkanes of at least 4 members (excludes halogenated alkanes) is 3. The van der Waals surface area contributed by atoms with Crippen LogP contribution < -0.4 is 5.32 Å². The predicted octanol–water partition coefficient (Wildman–Crippen LogP) is 2.89. The zero-order valence-corrected chi connectivity index (χ0v) is 7.60. The molecule has 0 fully saturated rings. The molecule has 0 aliphatic heterocycles. The third kappa shape index (κ3) is 9.54. The van der Waals surface area contributed by atoms with Crippen molar-refractivity contribution < 1.29 is 0 Å². The molecule has 1 radical (unpaired) electrons. The minimum absolute atomic E-state index is 1.04. The van der Waals surface area contributed by atoms with Crippen molar-refractivity contribution in [3.05, 3.63) is 19.2 Å². The zero-order valence-electron chi connectivity index (χ0n) is 7.60. The molecule has 1 N–H and O–H groups in total. The van der Waals surface area contributed by atoms with E-state index in [-0.39, 0.29) is 0 Å². The van der Waals surface area contributed by atoms with Crippen molar-refractivity contribution in [1.82, 2.24) is 5.32 Å². The van der Waals surface area contributed by atoms with Crippen LogP contribution in [0, 0.1) is 6.92 Å². The van der Waals surface area contributed by atoms with Gasteiger partial charge in [-0.3, -0.25) is 0 Å². The van der Waals surface area contributed by atoms with Crippen molar-refractivity contribution in [1.29, 1.82) is 0 Å². The van der Waals surface area contributed by atoms with E-state index in [1.165, 1.54) is 19.3 Å². The number of nitrogens with one attached hydrogen (secondary N) is 1. The van der Waals surface area contributed by atoms with Gasteiger partial charge in [0, 0.05) is 6.54 Å². The van der Waals surface area contributed by atoms with Crippen LogP contribution in [0.2, 0.25) is 0 Å². The number of hydrogen-bond donors (Lipinski definition) is 1. The Balaban J connectivity index is 2.91. The van der Waals surface area contributed by atoms with Gasteiger partial charge in [0.2, 0.25) is 0 Å². The van der Waals surface area contributed by atoms with Crippen LogP contribution in [0.3, 0.4) is 0 Å². The molecule has 0 atom stereocenters. The van der Waals surface area contributed by atoms with E-state index < -0.39 is 0 Å². The Bertz CT molecular complexity index is 86.9. The van der Waals surface area contributed by atoms with Crippen molar-refractivity contribution in [3.63, 3.8) is 0 Å². The van der Waals surface area contributed by atoms with E-state index in [1.54, 1.807) is 0 Å². The minimum Gasteiger partial charge on any atom is -0.391 e. The summed E-state index contributed by atoms with van der Waals surface area (Å²) >= 11 is 0. The van der Waals surface area contributed by atoms with Crippen LogP contribution in [-0.4, -0.2) is 6.54 Å². The molecule has 0 saturated heterocycles. The van der Waals surface area contributed by atoms with Crippen LogP contribution in [0.25, 0.3) is 0 Å². The van der Waals surface area contributed by atoms with E-state index >= 15 is 0 Å². The topological polar surface area (TPSA) is 12.0 Å². The summed E-state index contributed by atoms with van der Waals surface area (Å²) in [6, 6.07) is 0. The third-order valence-electron chi connectivity index (χ3n) is 1.53. The van der Waals surface area contributed by atoms with E-state index in [0.717, 1.165) is 19.4 Å². The van der Waals surface area contributed by atoms with Crippen LogP contribution in [0.5, 0.6) is 0 Å². The van der Waals surface area contributed by atoms with Crippen LogP contribution in [0.4, 0.5) is 0 Å². The summed E-state index contributed by atoms with van der Waals surface area (Å²) in [7, 11) is 0. The molecule has 0 spiro atoms. The van der Waals surface area contributed by atoms with Crippen LogP contribution in [0.15, 0.2) is 12.3 Å². The Morgan fingerprint density at radius 2 is 2.18 bits per heavy atom. The average molecular weight is 154 g/mol. The van der Waals surface area contributed by atoms with Gasteiger partial charge in [-0.2, -0.15) is 0 Å². The Labute approximate surface area is 70.9 Å². The number of allylic oxidation sites excluding steroid dienone is 1. The van der Waals surface area contributed by atoms with Gasteiger partial charge in [-0.05, 0) is 25.5 Å². The maximum absolute atomic E-state index is 3.78. The van der Waals surface area contributed by atoms with Gasteiger partial charge in [-0.25, -0.2) is 0 Å². The molecule has 11 heavy (non-hydrogen) atoms. The third-order valence-corrected chi connectivity index (χ3v) is 1.53. The molecule has 0 unspecified atom stereocenters. The van der Waals surface area contributed by atoms with Crippen molar-refractivity contribution in [3.8, 4) is 0 Å². The first-order chi connectivity index (χ1) is 5.41. The van der Waals surface area contributed by atoms with E-state index in [9.17, 15) is 0 Å². The molecule has 0 aliphatic carbocycles. The first kappa shape index (κ1) is 10.5. The molecular weight excluding hydrogens is 134 g/mol. The second-order valence-corrected chi connectivity index (χ2v) is 2.71. The van der Waals surface area contributed by atoms with Gasteiger partial charge in [0.05, 0.1) is 0 Å². The van der Waals surface area contributed by atoms with Crippen molar-refractivity contribution in [2.24, 2.45) is 0 Å². The highest BCUT2D eigenvalue weighted by Gasteiger charge is 1.79. The second-order valence-electron chi connectivity index (χ2n) is 2.71. The van der Waals surface area contributed by atoms with Gasteiger partial charge in [-0.1, -0.05) is 32.8 Å². The molecule has 1 heteroatoms. The summed E-state index contributed by atoms with van der Waals surface area (Å²) in [5.41, 5.74) is 0. The maximum Gasteiger partial charge on any atom is 0.0141 e. The first-order valence-corrected chi connectivity index (χ1v) is 4.59. The summed E-state index contributed by atoms with van der Waals surface area (Å²) in [5, 5.41) is 3.24. The fourth-order valence-corrected chi connectivity index (χ4v) is 0.791. The molecule has 0 saturated carbocycles. The normalized spacial score (nSPS) is 10.7. The van der Waals surface area contributed by atoms with Crippen LogP contribution in [-0.2, 0) is 0 Å². The van der Waals surface area contributed by atoms with Gasteiger partial charge in [0.25, 0.3) is 0 Å². The smallest absolute Gasteiger partial charge is 0.0141 e. The lowest BCUT2D eigenvalue weighted by Crippen LogP contribution is -2.05. The van der Waals surface area contributed by atoms with Crippen molar-refractivity contribution in [2.45, 2.75) is 39.0 Å². The second kappa shape index (κ2) is 9.54.